The Bertz CT molecular complexity index is 419. The third-order valence-corrected chi connectivity index (χ3v) is 3.99. The van der Waals surface area contributed by atoms with Crippen LogP contribution in [0.3, 0.4) is 0 Å². The molecule has 3 heteroatoms. The SMILES string of the molecule is CCN1c2c(C)cccc2NCC2COCC21. The van der Waals surface area contributed by atoms with Crippen LogP contribution in [0, 0.1) is 12.8 Å². The maximum Gasteiger partial charge on any atom is 0.0674 e. The highest BCUT2D eigenvalue weighted by Crippen LogP contribution is 2.37. The van der Waals surface area contributed by atoms with E-state index in [1.807, 2.05) is 0 Å². The average Bonchev–Trinajstić information content (AvgIpc) is 2.73. The third kappa shape index (κ3) is 1.69. The predicted molar refractivity (Wildman–Crippen MR) is 70.8 cm³/mol. The first-order chi connectivity index (χ1) is 8.31. The number of nitrogens with zero attached hydrogens (tertiary/aromatic N) is 1. The summed E-state index contributed by atoms with van der Waals surface area (Å²) in [5.41, 5.74) is 4.00. The predicted octanol–water partition coefficient (Wildman–Crippen LogP) is 2.26. The quantitative estimate of drug-likeness (QED) is 0.804. The maximum absolute atomic E-state index is 5.65. The highest BCUT2D eigenvalue weighted by atomic mass is 16.5. The van der Waals surface area contributed by atoms with Crippen LogP contribution < -0.4 is 10.2 Å². The molecule has 2 aliphatic heterocycles. The zero-order valence-electron chi connectivity index (χ0n) is 10.6. The monoisotopic (exact) mass is 232 g/mol. The van der Waals surface area contributed by atoms with Gasteiger partial charge in [0, 0.05) is 19.0 Å². The van der Waals surface area contributed by atoms with Crippen LogP contribution >= 0.6 is 0 Å². The van der Waals surface area contributed by atoms with Crippen molar-refractivity contribution in [2.75, 3.05) is 36.5 Å². The van der Waals surface area contributed by atoms with Crippen LogP contribution in [0.25, 0.3) is 0 Å². The van der Waals surface area contributed by atoms with Gasteiger partial charge in [-0.25, -0.2) is 0 Å². The second-order valence-electron chi connectivity index (χ2n) is 5.00. The van der Waals surface area contributed by atoms with E-state index in [9.17, 15) is 0 Å². The largest absolute Gasteiger partial charge is 0.383 e. The first kappa shape index (κ1) is 10.9. The summed E-state index contributed by atoms with van der Waals surface area (Å²) in [5.74, 6) is 0.613. The number of anilines is 2. The fourth-order valence-corrected chi connectivity index (χ4v) is 3.11. The van der Waals surface area contributed by atoms with Crippen molar-refractivity contribution in [1.82, 2.24) is 0 Å². The summed E-state index contributed by atoms with van der Waals surface area (Å²) in [4.78, 5) is 2.52. The van der Waals surface area contributed by atoms with Gasteiger partial charge in [-0.05, 0) is 25.5 Å². The fraction of sp³-hybridized carbons (Fsp3) is 0.571. The van der Waals surface area contributed by atoms with Gasteiger partial charge in [0.05, 0.1) is 30.6 Å². The van der Waals surface area contributed by atoms with Crippen LogP contribution in [0.15, 0.2) is 18.2 Å². The van der Waals surface area contributed by atoms with Crippen molar-refractivity contribution < 1.29 is 4.74 Å². The van der Waals surface area contributed by atoms with Crippen LogP contribution in [-0.2, 0) is 4.74 Å². The Labute approximate surface area is 103 Å². The molecule has 0 bridgehead atoms. The van der Waals surface area contributed by atoms with Crippen molar-refractivity contribution in [3.05, 3.63) is 23.8 Å². The van der Waals surface area contributed by atoms with E-state index in [-0.39, 0.29) is 0 Å². The van der Waals surface area contributed by atoms with E-state index in [1.165, 1.54) is 16.9 Å². The minimum atomic E-state index is 0.537. The maximum atomic E-state index is 5.65. The van der Waals surface area contributed by atoms with Crippen molar-refractivity contribution >= 4 is 11.4 Å². The number of likely N-dealkylation sites (N-methyl/N-ethyl adjacent to an activating group) is 1. The van der Waals surface area contributed by atoms with Gasteiger partial charge in [-0.15, -0.1) is 0 Å². The van der Waals surface area contributed by atoms with Crippen LogP contribution in [0.1, 0.15) is 12.5 Å². The number of hydrogen-bond donors (Lipinski definition) is 1. The number of hydrogen-bond acceptors (Lipinski definition) is 3. The molecule has 3 rings (SSSR count). The summed E-state index contributed by atoms with van der Waals surface area (Å²) >= 11 is 0. The average molecular weight is 232 g/mol. The number of benzene rings is 1. The molecule has 0 amide bonds. The number of ether oxygens (including phenoxy) is 1. The van der Waals surface area contributed by atoms with Gasteiger partial charge in [-0.3, -0.25) is 0 Å². The van der Waals surface area contributed by atoms with Gasteiger partial charge >= 0.3 is 0 Å². The Kier molecular flexibility index (Phi) is 2.71. The molecule has 1 aromatic rings. The molecular formula is C14H20N2O. The molecule has 1 saturated heterocycles. The number of aryl methyl sites for hydroxylation is 1. The summed E-state index contributed by atoms with van der Waals surface area (Å²) in [6, 6.07) is 7.05. The Hall–Kier alpha value is -1.22. The molecule has 2 aliphatic rings. The zero-order chi connectivity index (χ0) is 11.8. The number of para-hydroxylation sites is 1. The molecule has 92 valence electrons. The van der Waals surface area contributed by atoms with E-state index in [4.69, 9.17) is 4.74 Å². The lowest BCUT2D eigenvalue weighted by Gasteiger charge is -2.32. The van der Waals surface area contributed by atoms with Crippen molar-refractivity contribution in [3.63, 3.8) is 0 Å². The molecule has 0 saturated carbocycles. The minimum Gasteiger partial charge on any atom is -0.383 e. The Morgan fingerprint density at radius 1 is 1.41 bits per heavy atom. The molecule has 0 aromatic heterocycles. The summed E-state index contributed by atoms with van der Waals surface area (Å²) in [5, 5.41) is 3.58. The number of fused-ring (bicyclic) bond motifs is 2. The van der Waals surface area contributed by atoms with E-state index < -0.39 is 0 Å². The molecule has 2 atom stereocenters. The van der Waals surface area contributed by atoms with Crippen LogP contribution in [-0.4, -0.2) is 32.3 Å². The summed E-state index contributed by atoms with van der Waals surface area (Å²) in [7, 11) is 0. The van der Waals surface area contributed by atoms with Gasteiger partial charge in [0.2, 0.25) is 0 Å². The highest BCUT2D eigenvalue weighted by Gasteiger charge is 2.36. The molecule has 0 aliphatic carbocycles. The van der Waals surface area contributed by atoms with Gasteiger partial charge in [-0.2, -0.15) is 0 Å². The van der Waals surface area contributed by atoms with Crippen LogP contribution in [0.5, 0.6) is 0 Å². The molecule has 17 heavy (non-hydrogen) atoms. The summed E-state index contributed by atoms with van der Waals surface area (Å²) < 4.78 is 5.65. The lowest BCUT2D eigenvalue weighted by atomic mass is 10.0. The second kappa shape index (κ2) is 4.22. The number of rotatable bonds is 1. The normalized spacial score (nSPS) is 27.1. The molecule has 1 fully saturated rings. The van der Waals surface area contributed by atoms with Crippen molar-refractivity contribution in [1.29, 1.82) is 0 Å². The van der Waals surface area contributed by atoms with E-state index in [0.717, 1.165) is 26.3 Å². The molecule has 0 radical (unpaired) electrons. The highest BCUT2D eigenvalue weighted by molar-refractivity contribution is 5.75. The van der Waals surface area contributed by atoms with Crippen molar-refractivity contribution in [3.8, 4) is 0 Å². The molecule has 3 nitrogen and oxygen atoms in total. The van der Waals surface area contributed by atoms with Crippen LogP contribution in [0.2, 0.25) is 0 Å². The standard InChI is InChI=1S/C14H20N2O/c1-3-16-13-9-17-8-11(13)7-15-12-6-4-5-10(2)14(12)16/h4-6,11,13,15H,3,7-9H2,1-2H3. The van der Waals surface area contributed by atoms with Crippen molar-refractivity contribution in [2.24, 2.45) is 5.92 Å². The summed E-state index contributed by atoms with van der Waals surface area (Å²) in [6.45, 7) is 8.26. The third-order valence-electron chi connectivity index (χ3n) is 3.99. The van der Waals surface area contributed by atoms with E-state index >= 15 is 0 Å². The molecular weight excluding hydrogens is 212 g/mol. The van der Waals surface area contributed by atoms with Crippen LogP contribution in [0.4, 0.5) is 11.4 Å². The lowest BCUT2D eigenvalue weighted by molar-refractivity contribution is 0.185. The summed E-state index contributed by atoms with van der Waals surface area (Å²) in [6.07, 6.45) is 0. The van der Waals surface area contributed by atoms with Gasteiger partial charge < -0.3 is 15.0 Å². The van der Waals surface area contributed by atoms with Gasteiger partial charge in [0.25, 0.3) is 0 Å². The van der Waals surface area contributed by atoms with E-state index in [0.29, 0.717) is 12.0 Å². The van der Waals surface area contributed by atoms with E-state index in [2.05, 4.69) is 42.3 Å². The van der Waals surface area contributed by atoms with Gasteiger partial charge in [-0.1, -0.05) is 12.1 Å². The molecule has 2 unspecified atom stereocenters. The lowest BCUT2D eigenvalue weighted by Crippen LogP contribution is -2.41. The fourth-order valence-electron chi connectivity index (χ4n) is 3.11. The minimum absolute atomic E-state index is 0.537. The smallest absolute Gasteiger partial charge is 0.0674 e. The molecule has 1 aromatic carbocycles. The molecule has 0 spiro atoms. The molecule has 1 N–H and O–H groups in total. The first-order valence-corrected chi connectivity index (χ1v) is 6.49. The Balaban J connectivity index is 2.07. The number of nitrogens with one attached hydrogen (secondary N) is 1. The Morgan fingerprint density at radius 3 is 3.12 bits per heavy atom. The Morgan fingerprint density at radius 2 is 2.29 bits per heavy atom. The second-order valence-corrected chi connectivity index (χ2v) is 5.00. The zero-order valence-corrected chi connectivity index (χ0v) is 10.6. The first-order valence-electron chi connectivity index (χ1n) is 6.49. The topological polar surface area (TPSA) is 24.5 Å². The molecule has 2 heterocycles. The van der Waals surface area contributed by atoms with Gasteiger partial charge in [0.15, 0.2) is 0 Å². The van der Waals surface area contributed by atoms with Gasteiger partial charge in [0.1, 0.15) is 0 Å². The van der Waals surface area contributed by atoms with Crippen molar-refractivity contribution in [2.45, 2.75) is 19.9 Å². The van der Waals surface area contributed by atoms with E-state index in [1.54, 1.807) is 0 Å².